The summed E-state index contributed by atoms with van der Waals surface area (Å²) in [5.74, 6) is 0.692. The first-order chi connectivity index (χ1) is 9.13. The zero-order valence-corrected chi connectivity index (χ0v) is 11.4. The first kappa shape index (κ1) is 13.5. The molecule has 4 nitrogen and oxygen atoms in total. The van der Waals surface area contributed by atoms with Gasteiger partial charge in [0.15, 0.2) is 5.76 Å². The highest BCUT2D eigenvalue weighted by Gasteiger charge is 2.13. The molecular formula is C15H20N2O2. The van der Waals surface area contributed by atoms with Crippen LogP contribution in [0.1, 0.15) is 37.2 Å². The Morgan fingerprint density at radius 2 is 2.05 bits per heavy atom. The van der Waals surface area contributed by atoms with Crippen LogP contribution in [-0.2, 0) is 0 Å². The van der Waals surface area contributed by atoms with Crippen LogP contribution in [0.3, 0.4) is 0 Å². The molecule has 0 saturated heterocycles. The average Bonchev–Trinajstić information content (AvgIpc) is 2.82. The highest BCUT2D eigenvalue weighted by molar-refractivity contribution is 5.96. The molecule has 4 heteroatoms. The molecule has 0 spiro atoms. The van der Waals surface area contributed by atoms with Gasteiger partial charge in [-0.1, -0.05) is 26.7 Å². The summed E-state index contributed by atoms with van der Waals surface area (Å²) in [6, 6.07) is 7.07. The third-order valence-electron chi connectivity index (χ3n) is 3.47. The Labute approximate surface area is 113 Å². The molecule has 0 radical (unpaired) electrons. The summed E-state index contributed by atoms with van der Waals surface area (Å²) in [7, 11) is 0. The molecule has 1 heterocycles. The summed E-state index contributed by atoms with van der Waals surface area (Å²) in [5, 5.41) is 3.77. The van der Waals surface area contributed by atoms with Crippen LogP contribution in [-0.4, -0.2) is 12.5 Å². The molecule has 1 amide bonds. The molecular weight excluding hydrogens is 240 g/mol. The molecule has 0 aliphatic rings. The number of furan rings is 1. The Hall–Kier alpha value is -1.97. The molecule has 0 saturated carbocycles. The van der Waals surface area contributed by atoms with Crippen LogP contribution in [0.4, 0.5) is 5.69 Å². The SMILES string of the molecule is CCC(CC)CNC(=O)c1cc2cc(N)ccc2o1. The Balaban J connectivity index is 2.09. The number of fused-ring (bicyclic) bond motifs is 1. The first-order valence-electron chi connectivity index (χ1n) is 6.71. The monoisotopic (exact) mass is 260 g/mol. The fourth-order valence-electron chi connectivity index (χ4n) is 2.08. The summed E-state index contributed by atoms with van der Waals surface area (Å²) in [4.78, 5) is 12.0. The van der Waals surface area contributed by atoms with Crippen molar-refractivity contribution in [1.29, 1.82) is 0 Å². The minimum Gasteiger partial charge on any atom is -0.451 e. The third kappa shape index (κ3) is 3.08. The number of rotatable bonds is 5. The van der Waals surface area contributed by atoms with Crippen LogP contribution in [0.25, 0.3) is 11.0 Å². The number of hydrogen-bond donors (Lipinski definition) is 2. The van der Waals surface area contributed by atoms with Gasteiger partial charge < -0.3 is 15.5 Å². The predicted octanol–water partition coefficient (Wildman–Crippen LogP) is 3.18. The summed E-state index contributed by atoms with van der Waals surface area (Å²) in [5.41, 5.74) is 7.05. The minimum atomic E-state index is -0.165. The van der Waals surface area contributed by atoms with Crippen molar-refractivity contribution >= 4 is 22.6 Å². The van der Waals surface area contributed by atoms with Crippen LogP contribution in [0, 0.1) is 5.92 Å². The molecule has 2 rings (SSSR count). The van der Waals surface area contributed by atoms with E-state index in [9.17, 15) is 4.79 Å². The molecule has 0 unspecified atom stereocenters. The second-order valence-corrected chi connectivity index (χ2v) is 4.80. The maximum Gasteiger partial charge on any atom is 0.287 e. The first-order valence-corrected chi connectivity index (χ1v) is 6.71. The molecule has 0 atom stereocenters. The van der Waals surface area contributed by atoms with Crippen molar-refractivity contribution < 1.29 is 9.21 Å². The van der Waals surface area contributed by atoms with Crippen molar-refractivity contribution in [3.05, 3.63) is 30.0 Å². The maximum absolute atomic E-state index is 12.0. The molecule has 0 aliphatic heterocycles. The van der Waals surface area contributed by atoms with E-state index in [1.165, 1.54) is 0 Å². The number of carbonyl (C=O) groups excluding carboxylic acids is 1. The predicted molar refractivity (Wildman–Crippen MR) is 77.0 cm³/mol. The molecule has 1 aromatic carbocycles. The van der Waals surface area contributed by atoms with E-state index in [0.717, 1.165) is 18.2 Å². The van der Waals surface area contributed by atoms with Gasteiger partial charge in [-0.25, -0.2) is 0 Å². The fraction of sp³-hybridized carbons (Fsp3) is 0.400. The number of benzene rings is 1. The third-order valence-corrected chi connectivity index (χ3v) is 3.47. The van der Waals surface area contributed by atoms with E-state index >= 15 is 0 Å². The van der Waals surface area contributed by atoms with Gasteiger partial charge in [0.05, 0.1) is 0 Å². The van der Waals surface area contributed by atoms with E-state index in [1.807, 2.05) is 0 Å². The van der Waals surface area contributed by atoms with Gasteiger partial charge >= 0.3 is 0 Å². The number of nitrogens with one attached hydrogen (secondary N) is 1. The number of nitrogen functional groups attached to an aromatic ring is 1. The molecule has 0 bridgehead atoms. The molecule has 102 valence electrons. The van der Waals surface area contributed by atoms with Crippen LogP contribution in [0.15, 0.2) is 28.7 Å². The summed E-state index contributed by atoms with van der Waals surface area (Å²) in [6.07, 6.45) is 2.13. The number of nitrogens with two attached hydrogens (primary N) is 1. The molecule has 0 aliphatic carbocycles. The average molecular weight is 260 g/mol. The molecule has 2 aromatic rings. The zero-order chi connectivity index (χ0) is 13.8. The van der Waals surface area contributed by atoms with Crippen molar-refractivity contribution in [2.45, 2.75) is 26.7 Å². The van der Waals surface area contributed by atoms with E-state index in [-0.39, 0.29) is 5.91 Å². The van der Waals surface area contributed by atoms with Gasteiger partial charge in [-0.2, -0.15) is 0 Å². The van der Waals surface area contributed by atoms with E-state index < -0.39 is 0 Å². The lowest BCUT2D eigenvalue weighted by Crippen LogP contribution is -2.28. The number of carbonyl (C=O) groups is 1. The molecule has 1 aromatic heterocycles. The zero-order valence-electron chi connectivity index (χ0n) is 11.4. The lowest BCUT2D eigenvalue weighted by molar-refractivity contribution is 0.0921. The van der Waals surface area contributed by atoms with E-state index in [1.54, 1.807) is 24.3 Å². The second-order valence-electron chi connectivity index (χ2n) is 4.80. The number of hydrogen-bond acceptors (Lipinski definition) is 3. The van der Waals surface area contributed by atoms with Gasteiger partial charge in [-0.3, -0.25) is 4.79 Å². The van der Waals surface area contributed by atoms with Gasteiger partial charge in [0.2, 0.25) is 0 Å². The quantitative estimate of drug-likeness (QED) is 0.811. The Bertz CT molecular complexity index is 571. The van der Waals surface area contributed by atoms with Gasteiger partial charge in [-0.05, 0) is 30.2 Å². The molecule has 19 heavy (non-hydrogen) atoms. The molecule has 3 N–H and O–H groups in total. The van der Waals surface area contributed by atoms with Gasteiger partial charge in [0.25, 0.3) is 5.91 Å². The van der Waals surface area contributed by atoms with Crippen molar-refractivity contribution in [1.82, 2.24) is 5.32 Å². The van der Waals surface area contributed by atoms with E-state index in [4.69, 9.17) is 10.2 Å². The summed E-state index contributed by atoms with van der Waals surface area (Å²) in [6.45, 7) is 4.94. The standard InChI is InChI=1S/C15H20N2O2/c1-3-10(4-2)9-17-15(18)14-8-11-7-12(16)5-6-13(11)19-14/h5-8,10H,3-4,9,16H2,1-2H3,(H,17,18). The lowest BCUT2D eigenvalue weighted by Gasteiger charge is -2.12. The largest absolute Gasteiger partial charge is 0.451 e. The maximum atomic E-state index is 12.0. The van der Waals surface area contributed by atoms with E-state index in [2.05, 4.69) is 19.2 Å². The Morgan fingerprint density at radius 1 is 1.32 bits per heavy atom. The van der Waals surface area contributed by atoms with Gasteiger partial charge in [0, 0.05) is 17.6 Å². The fourth-order valence-corrected chi connectivity index (χ4v) is 2.08. The second kappa shape index (κ2) is 5.78. The molecule has 0 fully saturated rings. The van der Waals surface area contributed by atoms with E-state index in [0.29, 0.717) is 29.5 Å². The van der Waals surface area contributed by atoms with Gasteiger partial charge in [-0.15, -0.1) is 0 Å². The lowest BCUT2D eigenvalue weighted by atomic mass is 10.0. The summed E-state index contributed by atoms with van der Waals surface area (Å²) < 4.78 is 5.52. The Morgan fingerprint density at radius 3 is 2.74 bits per heavy atom. The van der Waals surface area contributed by atoms with Crippen LogP contribution in [0.2, 0.25) is 0 Å². The van der Waals surface area contributed by atoms with Crippen molar-refractivity contribution in [3.8, 4) is 0 Å². The smallest absolute Gasteiger partial charge is 0.287 e. The van der Waals surface area contributed by atoms with Gasteiger partial charge in [0.1, 0.15) is 5.58 Å². The number of amides is 1. The summed E-state index contributed by atoms with van der Waals surface area (Å²) >= 11 is 0. The van der Waals surface area contributed by atoms with Crippen molar-refractivity contribution in [3.63, 3.8) is 0 Å². The Kier molecular flexibility index (Phi) is 4.10. The number of anilines is 1. The topological polar surface area (TPSA) is 68.3 Å². The van der Waals surface area contributed by atoms with Crippen LogP contribution >= 0.6 is 0 Å². The highest BCUT2D eigenvalue weighted by atomic mass is 16.3. The highest BCUT2D eigenvalue weighted by Crippen LogP contribution is 2.21. The van der Waals surface area contributed by atoms with Crippen molar-refractivity contribution in [2.75, 3.05) is 12.3 Å². The normalized spacial score (nSPS) is 11.1. The van der Waals surface area contributed by atoms with Crippen LogP contribution in [0.5, 0.6) is 0 Å². The minimum absolute atomic E-state index is 0.165. The van der Waals surface area contributed by atoms with Crippen LogP contribution < -0.4 is 11.1 Å². The van der Waals surface area contributed by atoms with Crippen molar-refractivity contribution in [2.24, 2.45) is 5.92 Å².